The van der Waals surface area contributed by atoms with Crippen LogP contribution in [0.4, 0.5) is 0 Å². The molecule has 7 nitrogen and oxygen atoms in total. The number of aliphatic imine (C=N–C) groups is 1. The van der Waals surface area contributed by atoms with E-state index in [2.05, 4.69) is 20.2 Å². The molecule has 144 valence electrons. The van der Waals surface area contributed by atoms with E-state index in [0.717, 1.165) is 43.1 Å². The summed E-state index contributed by atoms with van der Waals surface area (Å²) in [5.41, 5.74) is 2.98. The van der Waals surface area contributed by atoms with Crippen LogP contribution in [-0.4, -0.2) is 49.1 Å². The average Bonchev–Trinajstić information content (AvgIpc) is 3.18. The number of rotatable bonds is 4. The maximum absolute atomic E-state index is 11.7. The largest absolute Gasteiger partial charge is 0.469 e. The van der Waals surface area contributed by atoms with Crippen molar-refractivity contribution in [2.24, 2.45) is 10.9 Å². The van der Waals surface area contributed by atoms with Crippen LogP contribution in [0.15, 0.2) is 39.9 Å². The number of methoxy groups -OCH3 is 1. The maximum atomic E-state index is 11.7. The summed E-state index contributed by atoms with van der Waals surface area (Å²) in [6, 6.07) is 8.08. The first-order valence-corrected chi connectivity index (χ1v) is 9.15. The van der Waals surface area contributed by atoms with Gasteiger partial charge in [-0.25, -0.2) is 4.98 Å². The Labute approximate surface area is 159 Å². The molecule has 3 rings (SSSR count). The van der Waals surface area contributed by atoms with Crippen molar-refractivity contribution in [2.75, 3.05) is 27.2 Å². The lowest BCUT2D eigenvalue weighted by Gasteiger charge is -2.33. The third-order valence-corrected chi connectivity index (χ3v) is 4.82. The van der Waals surface area contributed by atoms with Crippen LogP contribution in [0.2, 0.25) is 0 Å². The predicted molar refractivity (Wildman–Crippen MR) is 103 cm³/mol. The monoisotopic (exact) mass is 370 g/mol. The van der Waals surface area contributed by atoms with Crippen molar-refractivity contribution in [3.8, 4) is 11.5 Å². The van der Waals surface area contributed by atoms with Crippen molar-refractivity contribution in [3.05, 3.63) is 41.8 Å². The van der Waals surface area contributed by atoms with Crippen LogP contribution in [0.1, 0.15) is 24.1 Å². The zero-order valence-corrected chi connectivity index (χ0v) is 16.1. The van der Waals surface area contributed by atoms with Gasteiger partial charge >= 0.3 is 5.97 Å². The number of carbonyl (C=O) groups excluding carboxylic acids is 1. The quantitative estimate of drug-likeness (QED) is 0.506. The number of carbonyl (C=O) groups is 1. The van der Waals surface area contributed by atoms with Gasteiger partial charge in [-0.05, 0) is 31.9 Å². The number of aryl methyl sites for hydroxylation is 1. The molecule has 0 aliphatic carbocycles. The average molecular weight is 370 g/mol. The van der Waals surface area contributed by atoms with E-state index < -0.39 is 0 Å². The number of hydrogen-bond acceptors (Lipinski definition) is 5. The van der Waals surface area contributed by atoms with Gasteiger partial charge in [-0.3, -0.25) is 9.79 Å². The van der Waals surface area contributed by atoms with E-state index in [4.69, 9.17) is 9.15 Å². The summed E-state index contributed by atoms with van der Waals surface area (Å²) in [4.78, 5) is 22.7. The molecule has 0 saturated carbocycles. The van der Waals surface area contributed by atoms with Gasteiger partial charge in [-0.15, -0.1) is 0 Å². The molecule has 1 fully saturated rings. The Morgan fingerprint density at radius 1 is 1.33 bits per heavy atom. The van der Waals surface area contributed by atoms with Gasteiger partial charge in [0.2, 0.25) is 5.89 Å². The smallest absolute Gasteiger partial charge is 0.308 e. The summed E-state index contributed by atoms with van der Waals surface area (Å²) in [7, 11) is 3.20. The number of oxazole rings is 1. The van der Waals surface area contributed by atoms with Gasteiger partial charge < -0.3 is 19.4 Å². The second kappa shape index (κ2) is 8.70. The summed E-state index contributed by atoms with van der Waals surface area (Å²) < 4.78 is 10.4. The highest BCUT2D eigenvalue weighted by Crippen LogP contribution is 2.20. The van der Waals surface area contributed by atoms with E-state index >= 15 is 0 Å². The zero-order chi connectivity index (χ0) is 19.2. The van der Waals surface area contributed by atoms with Crippen molar-refractivity contribution in [1.82, 2.24) is 15.2 Å². The highest BCUT2D eigenvalue weighted by atomic mass is 16.5. The first-order valence-electron chi connectivity index (χ1n) is 9.15. The van der Waals surface area contributed by atoms with Crippen LogP contribution in [0.5, 0.6) is 0 Å². The highest BCUT2D eigenvalue weighted by Gasteiger charge is 2.27. The molecule has 27 heavy (non-hydrogen) atoms. The molecule has 0 amide bonds. The highest BCUT2D eigenvalue weighted by molar-refractivity contribution is 5.80. The Hall–Kier alpha value is -2.83. The molecule has 1 aromatic heterocycles. The summed E-state index contributed by atoms with van der Waals surface area (Å²) in [6.07, 6.45) is 3.21. The molecule has 2 heterocycles. The van der Waals surface area contributed by atoms with E-state index in [1.807, 2.05) is 31.2 Å². The van der Waals surface area contributed by atoms with Crippen LogP contribution in [-0.2, 0) is 16.1 Å². The normalized spacial score (nSPS) is 15.7. The van der Waals surface area contributed by atoms with E-state index in [-0.39, 0.29) is 11.9 Å². The van der Waals surface area contributed by atoms with Crippen LogP contribution in [0.3, 0.4) is 0 Å². The molecule has 1 aliphatic heterocycles. The van der Waals surface area contributed by atoms with E-state index in [9.17, 15) is 4.79 Å². The topological polar surface area (TPSA) is 80.0 Å². The Morgan fingerprint density at radius 3 is 2.67 bits per heavy atom. The van der Waals surface area contributed by atoms with E-state index in [1.54, 1.807) is 13.3 Å². The van der Waals surface area contributed by atoms with Crippen LogP contribution in [0.25, 0.3) is 11.5 Å². The Kier molecular flexibility index (Phi) is 6.11. The second-order valence-electron chi connectivity index (χ2n) is 6.70. The Bertz CT molecular complexity index is 790. The third-order valence-electron chi connectivity index (χ3n) is 4.82. The number of ether oxygens (including phenoxy) is 1. The number of esters is 1. The maximum Gasteiger partial charge on any atom is 0.308 e. The van der Waals surface area contributed by atoms with Gasteiger partial charge in [0, 0.05) is 25.7 Å². The van der Waals surface area contributed by atoms with Gasteiger partial charge in [0.15, 0.2) is 5.96 Å². The number of guanidine groups is 1. The molecule has 0 spiro atoms. The molecule has 1 N–H and O–H groups in total. The molecule has 7 heteroatoms. The summed E-state index contributed by atoms with van der Waals surface area (Å²) in [6.45, 7) is 4.12. The molecule has 0 radical (unpaired) electrons. The first-order chi connectivity index (χ1) is 13.1. The summed E-state index contributed by atoms with van der Waals surface area (Å²) >= 11 is 0. The lowest BCUT2D eigenvalue weighted by Crippen LogP contribution is -2.46. The van der Waals surface area contributed by atoms with E-state index in [0.29, 0.717) is 12.4 Å². The number of likely N-dealkylation sites (tertiary alicyclic amines) is 1. The molecule has 0 bridgehead atoms. The number of nitrogens with one attached hydrogen (secondary N) is 1. The van der Waals surface area contributed by atoms with Crippen molar-refractivity contribution >= 4 is 11.9 Å². The van der Waals surface area contributed by atoms with E-state index in [1.165, 1.54) is 12.7 Å². The molecule has 1 saturated heterocycles. The lowest BCUT2D eigenvalue weighted by molar-refractivity contribution is -0.146. The zero-order valence-electron chi connectivity index (χ0n) is 16.1. The number of nitrogens with zero attached hydrogens (tertiary/aromatic N) is 3. The fraction of sp³-hybridized carbons (Fsp3) is 0.450. The number of hydrogen-bond donors (Lipinski definition) is 1. The molecule has 0 atom stereocenters. The standard InChI is InChI=1S/C20H26N4O3/c1-14-4-6-15(7-5-14)18-23-17(13-27-18)12-22-20(21-2)24-10-8-16(9-11-24)19(25)26-3/h4-7,13,16H,8-12H2,1-3H3,(H,21,22). The fourth-order valence-electron chi connectivity index (χ4n) is 3.21. The molecule has 2 aromatic rings. The van der Waals surface area contributed by atoms with Crippen molar-refractivity contribution in [2.45, 2.75) is 26.3 Å². The molecule has 1 aromatic carbocycles. The lowest BCUT2D eigenvalue weighted by atomic mass is 9.97. The minimum absolute atomic E-state index is 0.0167. The molecular formula is C20H26N4O3. The summed E-state index contributed by atoms with van der Waals surface area (Å²) in [5.74, 6) is 1.28. The number of piperidine rings is 1. The van der Waals surface area contributed by atoms with Crippen LogP contribution < -0.4 is 5.32 Å². The van der Waals surface area contributed by atoms with Gasteiger partial charge in [-0.2, -0.15) is 0 Å². The number of benzene rings is 1. The SMILES string of the molecule is CN=C(NCc1coc(-c2ccc(C)cc2)n1)N1CCC(C(=O)OC)CC1. The van der Waals surface area contributed by atoms with Gasteiger partial charge in [0.05, 0.1) is 25.3 Å². The van der Waals surface area contributed by atoms with Crippen molar-refractivity contribution in [3.63, 3.8) is 0 Å². The molecule has 0 unspecified atom stereocenters. The minimum atomic E-state index is -0.121. The fourth-order valence-corrected chi connectivity index (χ4v) is 3.21. The van der Waals surface area contributed by atoms with Crippen molar-refractivity contribution < 1.29 is 13.9 Å². The predicted octanol–water partition coefficient (Wildman–Crippen LogP) is 2.61. The van der Waals surface area contributed by atoms with Crippen molar-refractivity contribution in [1.29, 1.82) is 0 Å². The van der Waals surface area contributed by atoms with Gasteiger partial charge in [0.25, 0.3) is 0 Å². The van der Waals surface area contributed by atoms with Gasteiger partial charge in [-0.1, -0.05) is 17.7 Å². The van der Waals surface area contributed by atoms with Crippen LogP contribution >= 0.6 is 0 Å². The van der Waals surface area contributed by atoms with Gasteiger partial charge in [0.1, 0.15) is 6.26 Å². The first kappa shape index (κ1) is 18.9. The number of aromatic nitrogens is 1. The Balaban J connectivity index is 1.55. The second-order valence-corrected chi connectivity index (χ2v) is 6.70. The minimum Gasteiger partial charge on any atom is -0.469 e. The summed E-state index contributed by atoms with van der Waals surface area (Å²) in [5, 5.41) is 3.32. The Morgan fingerprint density at radius 2 is 2.04 bits per heavy atom. The van der Waals surface area contributed by atoms with Crippen LogP contribution in [0, 0.1) is 12.8 Å². The molecule has 1 aliphatic rings. The third kappa shape index (κ3) is 4.67. The molecular weight excluding hydrogens is 344 g/mol.